The van der Waals surface area contributed by atoms with Crippen LogP contribution in [0.3, 0.4) is 0 Å². The first-order valence-electron chi connectivity index (χ1n) is 8.45. The van der Waals surface area contributed by atoms with E-state index in [2.05, 4.69) is 84.1 Å². The van der Waals surface area contributed by atoms with Crippen LogP contribution in [0.4, 0.5) is 0 Å². The van der Waals surface area contributed by atoms with Crippen molar-refractivity contribution in [2.45, 2.75) is 38.3 Å². The van der Waals surface area contributed by atoms with Crippen LogP contribution < -0.4 is 10.6 Å². The van der Waals surface area contributed by atoms with Crippen molar-refractivity contribution in [2.24, 2.45) is 4.99 Å². The first kappa shape index (κ1) is 18.8. The molecule has 0 radical (unpaired) electrons. The van der Waals surface area contributed by atoms with Gasteiger partial charge in [0.05, 0.1) is 6.04 Å². The van der Waals surface area contributed by atoms with Gasteiger partial charge < -0.3 is 10.6 Å². The third-order valence-electron chi connectivity index (χ3n) is 4.31. The second kappa shape index (κ2) is 9.06. The van der Waals surface area contributed by atoms with Gasteiger partial charge in [-0.05, 0) is 31.4 Å². The van der Waals surface area contributed by atoms with Crippen LogP contribution in [0.1, 0.15) is 43.4 Å². The monoisotopic (exact) mass is 435 g/mol. The van der Waals surface area contributed by atoms with Crippen molar-refractivity contribution in [3.8, 4) is 0 Å². The van der Waals surface area contributed by atoms with Crippen molar-refractivity contribution in [3.63, 3.8) is 0 Å². The maximum atomic E-state index is 4.59. The third-order valence-corrected chi connectivity index (χ3v) is 4.31. The summed E-state index contributed by atoms with van der Waals surface area (Å²) in [6.07, 6.45) is 1.17. The van der Waals surface area contributed by atoms with E-state index in [1.807, 2.05) is 6.07 Å². The van der Waals surface area contributed by atoms with Crippen LogP contribution in [0.5, 0.6) is 0 Å². The quantitative estimate of drug-likeness (QED) is 0.413. The van der Waals surface area contributed by atoms with Crippen molar-refractivity contribution < 1.29 is 0 Å². The number of benzene rings is 2. The molecule has 0 aliphatic heterocycles. The SMILES string of the molecule is CCN=C(NC(C)c1ccccc1)NC1CC1c1ccccc1.I. The minimum Gasteiger partial charge on any atom is -0.353 e. The Morgan fingerprint density at radius 1 is 1.08 bits per heavy atom. The number of aliphatic imine (C=N–C) groups is 1. The van der Waals surface area contributed by atoms with Crippen molar-refractivity contribution in [3.05, 3.63) is 71.8 Å². The maximum Gasteiger partial charge on any atom is 0.191 e. The number of rotatable bonds is 5. The zero-order chi connectivity index (χ0) is 16.1. The van der Waals surface area contributed by atoms with Gasteiger partial charge >= 0.3 is 0 Å². The summed E-state index contributed by atoms with van der Waals surface area (Å²) in [5.74, 6) is 1.51. The lowest BCUT2D eigenvalue weighted by molar-refractivity contribution is 0.679. The Hall–Kier alpha value is -1.56. The molecule has 3 rings (SSSR count). The Morgan fingerprint density at radius 2 is 1.71 bits per heavy atom. The lowest BCUT2D eigenvalue weighted by Gasteiger charge is -2.18. The summed E-state index contributed by atoms with van der Waals surface area (Å²) < 4.78 is 0. The molecule has 24 heavy (non-hydrogen) atoms. The number of guanidine groups is 1. The second-order valence-electron chi connectivity index (χ2n) is 6.10. The summed E-state index contributed by atoms with van der Waals surface area (Å²) in [5.41, 5.74) is 2.69. The predicted octanol–water partition coefficient (Wildman–Crippen LogP) is 4.48. The minimum atomic E-state index is 0. The number of halogens is 1. The van der Waals surface area contributed by atoms with Crippen LogP contribution in [0.15, 0.2) is 65.7 Å². The van der Waals surface area contributed by atoms with E-state index >= 15 is 0 Å². The van der Waals surface area contributed by atoms with Crippen LogP contribution in [0, 0.1) is 0 Å². The van der Waals surface area contributed by atoms with E-state index in [0.717, 1.165) is 12.5 Å². The van der Waals surface area contributed by atoms with E-state index in [1.54, 1.807) is 0 Å². The van der Waals surface area contributed by atoms with E-state index in [1.165, 1.54) is 17.5 Å². The molecule has 0 amide bonds. The summed E-state index contributed by atoms with van der Waals surface area (Å²) >= 11 is 0. The number of hydrogen-bond donors (Lipinski definition) is 2. The molecular weight excluding hydrogens is 409 g/mol. The van der Waals surface area contributed by atoms with Gasteiger partial charge in [0, 0.05) is 18.5 Å². The van der Waals surface area contributed by atoms with Crippen molar-refractivity contribution in [1.82, 2.24) is 10.6 Å². The first-order valence-corrected chi connectivity index (χ1v) is 8.45. The van der Waals surface area contributed by atoms with Gasteiger partial charge in [0.25, 0.3) is 0 Å². The molecule has 2 aromatic rings. The molecule has 2 N–H and O–H groups in total. The Labute approximate surface area is 162 Å². The van der Waals surface area contributed by atoms with E-state index in [4.69, 9.17) is 0 Å². The highest BCUT2D eigenvalue weighted by Crippen LogP contribution is 2.40. The predicted molar refractivity (Wildman–Crippen MR) is 112 cm³/mol. The van der Waals surface area contributed by atoms with Gasteiger partial charge in [-0.25, -0.2) is 0 Å². The molecule has 1 aliphatic rings. The Bertz CT molecular complexity index is 642. The van der Waals surface area contributed by atoms with E-state index in [9.17, 15) is 0 Å². The van der Waals surface area contributed by atoms with Crippen molar-refractivity contribution >= 4 is 29.9 Å². The Morgan fingerprint density at radius 3 is 2.33 bits per heavy atom. The van der Waals surface area contributed by atoms with E-state index < -0.39 is 0 Å². The molecule has 1 fully saturated rings. The average molecular weight is 435 g/mol. The van der Waals surface area contributed by atoms with Gasteiger partial charge in [-0.3, -0.25) is 4.99 Å². The Balaban J connectivity index is 0.00000208. The molecule has 1 aliphatic carbocycles. The molecule has 3 nitrogen and oxygen atoms in total. The zero-order valence-corrected chi connectivity index (χ0v) is 16.6. The summed E-state index contributed by atoms with van der Waals surface area (Å²) in [6, 6.07) is 21.9. The fourth-order valence-corrected chi connectivity index (χ4v) is 2.92. The number of nitrogens with zero attached hydrogens (tertiary/aromatic N) is 1. The standard InChI is InChI=1S/C20H25N3.HI/c1-3-21-20(22-15(2)16-10-6-4-7-11-16)23-19-14-18(19)17-12-8-5-9-13-17;/h4-13,15,18-19H,3,14H2,1-2H3,(H2,21,22,23);1H. The lowest BCUT2D eigenvalue weighted by atomic mass is 10.1. The van der Waals surface area contributed by atoms with Crippen LogP contribution in [-0.2, 0) is 0 Å². The van der Waals surface area contributed by atoms with Crippen LogP contribution in [-0.4, -0.2) is 18.5 Å². The number of nitrogens with one attached hydrogen (secondary N) is 2. The molecular formula is C20H26IN3. The summed E-state index contributed by atoms with van der Waals surface area (Å²) in [4.78, 5) is 4.59. The molecule has 1 saturated carbocycles. The highest BCUT2D eigenvalue weighted by molar-refractivity contribution is 14.0. The van der Waals surface area contributed by atoms with Crippen LogP contribution >= 0.6 is 24.0 Å². The van der Waals surface area contributed by atoms with Gasteiger partial charge in [0.2, 0.25) is 0 Å². The topological polar surface area (TPSA) is 36.4 Å². The third kappa shape index (κ3) is 4.97. The molecule has 4 heteroatoms. The van der Waals surface area contributed by atoms with Gasteiger partial charge in [-0.1, -0.05) is 60.7 Å². The molecule has 3 unspecified atom stereocenters. The zero-order valence-electron chi connectivity index (χ0n) is 14.3. The molecule has 0 spiro atoms. The smallest absolute Gasteiger partial charge is 0.191 e. The van der Waals surface area contributed by atoms with E-state index in [0.29, 0.717) is 12.0 Å². The average Bonchev–Trinajstić information content (AvgIpc) is 3.36. The first-order chi connectivity index (χ1) is 11.3. The number of hydrogen-bond acceptors (Lipinski definition) is 1. The van der Waals surface area contributed by atoms with Gasteiger partial charge in [-0.15, -0.1) is 24.0 Å². The normalized spacial score (nSPS) is 20.7. The fourth-order valence-electron chi connectivity index (χ4n) is 2.92. The van der Waals surface area contributed by atoms with Crippen LogP contribution in [0.25, 0.3) is 0 Å². The maximum absolute atomic E-state index is 4.59. The molecule has 128 valence electrons. The van der Waals surface area contributed by atoms with Crippen molar-refractivity contribution in [2.75, 3.05) is 6.54 Å². The summed E-state index contributed by atoms with van der Waals surface area (Å²) in [7, 11) is 0. The molecule has 0 bridgehead atoms. The highest BCUT2D eigenvalue weighted by Gasteiger charge is 2.38. The largest absolute Gasteiger partial charge is 0.353 e. The molecule has 3 atom stereocenters. The van der Waals surface area contributed by atoms with Crippen LogP contribution in [0.2, 0.25) is 0 Å². The minimum absolute atomic E-state index is 0. The molecule has 2 aromatic carbocycles. The summed E-state index contributed by atoms with van der Waals surface area (Å²) in [5, 5.41) is 7.10. The Kier molecular flexibility index (Phi) is 7.09. The van der Waals surface area contributed by atoms with Crippen molar-refractivity contribution in [1.29, 1.82) is 0 Å². The summed E-state index contributed by atoms with van der Waals surface area (Å²) in [6.45, 7) is 5.02. The molecule has 0 aromatic heterocycles. The fraction of sp³-hybridized carbons (Fsp3) is 0.350. The van der Waals surface area contributed by atoms with Gasteiger partial charge in [-0.2, -0.15) is 0 Å². The molecule has 0 saturated heterocycles. The van der Waals surface area contributed by atoms with E-state index in [-0.39, 0.29) is 30.0 Å². The highest BCUT2D eigenvalue weighted by atomic mass is 127. The van der Waals surface area contributed by atoms with Gasteiger partial charge in [0.15, 0.2) is 5.96 Å². The lowest BCUT2D eigenvalue weighted by Crippen LogP contribution is -2.40. The van der Waals surface area contributed by atoms with Gasteiger partial charge in [0.1, 0.15) is 0 Å². The molecule has 0 heterocycles. The second-order valence-corrected chi connectivity index (χ2v) is 6.10.